The standard InChI is InChI=1S/C83H146O17P2/c1-5-9-13-17-21-25-29-33-36-37-38-39-42-46-50-54-58-62-66-70-83(88)100-79(74-94-81(86)68-64-60-56-52-48-44-40-34-30-26-22-18-14-10-6-2)76-98-102(91,92)96-72-77(84)71-95-101(89,90)97-75-78(73-93-80(85)67-63-59-55-51-47-43-32-28-24-20-16-12-8-4)99-82(87)69-65-61-57-53-49-45-41-35-31-27-23-19-15-11-7-3/h9,13,21,25-26,28,30,32-33,35-36,38-39,41,46,50,77-79,84H,5-8,10-12,14-20,22-24,27,29,31,34,37,40,42-45,47-49,51-76H2,1-4H3,(H,89,90)(H,91,92)/b13-9-,25-21-,30-26-,32-28-,36-33-,39-38-,41-35-,50-46-/t77-,78+,79+/m0/s1. The SMILES string of the molecule is CC/C=C\C/C=C\C/C=C\C/C=C\C/C=C\CCCCCC(=O)O[C@H](COC(=O)CCCCCCCCC/C=C\CCCCCC)COP(=O)(O)OC[C@@H](O)COP(=O)(O)OC[C@@H](COC(=O)CCCCCCC/C=C\CCCCCC)OC(=O)CCCCCCC/C=C\CCCCCCCC. The van der Waals surface area contributed by atoms with Crippen LogP contribution in [-0.4, -0.2) is 96.7 Å². The van der Waals surface area contributed by atoms with E-state index in [1.807, 2.05) is 0 Å². The molecule has 0 aromatic carbocycles. The van der Waals surface area contributed by atoms with Crippen molar-refractivity contribution in [2.75, 3.05) is 39.6 Å². The van der Waals surface area contributed by atoms with Crippen LogP contribution in [0.2, 0.25) is 0 Å². The van der Waals surface area contributed by atoms with Crippen molar-refractivity contribution in [1.82, 2.24) is 0 Å². The fraction of sp³-hybridized carbons (Fsp3) is 0.759. The highest BCUT2D eigenvalue weighted by molar-refractivity contribution is 7.47. The zero-order valence-electron chi connectivity index (χ0n) is 64.5. The summed E-state index contributed by atoms with van der Waals surface area (Å²) in [4.78, 5) is 73.0. The van der Waals surface area contributed by atoms with Gasteiger partial charge in [-0.05, 0) is 148 Å². The molecule has 0 bridgehead atoms. The number of unbranched alkanes of at least 4 members (excludes halogenated alkanes) is 34. The van der Waals surface area contributed by atoms with Gasteiger partial charge in [-0.2, -0.15) is 0 Å². The first kappa shape index (κ1) is 98.0. The lowest BCUT2D eigenvalue weighted by Gasteiger charge is -2.21. The fourth-order valence-electron chi connectivity index (χ4n) is 10.8. The lowest BCUT2D eigenvalue weighted by atomic mass is 10.1. The summed E-state index contributed by atoms with van der Waals surface area (Å²) in [6.07, 6.45) is 79.5. The molecule has 17 nitrogen and oxygen atoms in total. The van der Waals surface area contributed by atoms with Gasteiger partial charge in [0.05, 0.1) is 26.4 Å². The van der Waals surface area contributed by atoms with Gasteiger partial charge in [0.2, 0.25) is 0 Å². The maximum atomic E-state index is 13.1. The van der Waals surface area contributed by atoms with Gasteiger partial charge in [0.15, 0.2) is 12.2 Å². The maximum Gasteiger partial charge on any atom is 0.472 e. The fourth-order valence-corrected chi connectivity index (χ4v) is 12.4. The Bertz CT molecular complexity index is 2310. The Labute approximate surface area is 620 Å². The first-order chi connectivity index (χ1) is 49.7. The summed E-state index contributed by atoms with van der Waals surface area (Å²) >= 11 is 0. The topological polar surface area (TPSA) is 237 Å². The molecule has 2 unspecified atom stereocenters. The van der Waals surface area contributed by atoms with Crippen molar-refractivity contribution in [2.24, 2.45) is 0 Å². The molecule has 0 aromatic rings. The maximum absolute atomic E-state index is 13.1. The molecule has 0 amide bonds. The summed E-state index contributed by atoms with van der Waals surface area (Å²) in [6, 6.07) is 0. The van der Waals surface area contributed by atoms with Gasteiger partial charge in [0.1, 0.15) is 19.3 Å². The molecule has 0 spiro atoms. The molecule has 0 aliphatic carbocycles. The summed E-state index contributed by atoms with van der Waals surface area (Å²) in [7, 11) is -9.97. The van der Waals surface area contributed by atoms with Crippen molar-refractivity contribution < 1.29 is 80.2 Å². The third kappa shape index (κ3) is 74.3. The lowest BCUT2D eigenvalue weighted by molar-refractivity contribution is -0.161. The quantitative estimate of drug-likeness (QED) is 0.0169. The van der Waals surface area contributed by atoms with E-state index in [4.69, 9.17) is 37.0 Å². The van der Waals surface area contributed by atoms with Crippen molar-refractivity contribution in [3.63, 3.8) is 0 Å². The van der Waals surface area contributed by atoms with Gasteiger partial charge in [-0.15, -0.1) is 0 Å². The van der Waals surface area contributed by atoms with Gasteiger partial charge in [0, 0.05) is 25.7 Å². The Kier molecular flexibility index (Phi) is 72.3. The van der Waals surface area contributed by atoms with E-state index in [0.29, 0.717) is 25.7 Å². The smallest absolute Gasteiger partial charge is 0.462 e. The number of aliphatic hydroxyl groups is 1. The second-order valence-electron chi connectivity index (χ2n) is 27.0. The van der Waals surface area contributed by atoms with E-state index in [1.165, 1.54) is 103 Å². The van der Waals surface area contributed by atoms with Crippen LogP contribution in [0.4, 0.5) is 0 Å². The number of carbonyl (C=O) groups excluding carboxylic acids is 4. The molecule has 0 rings (SSSR count). The summed E-state index contributed by atoms with van der Waals surface area (Å²) in [5.74, 6) is -2.22. The molecule has 0 aliphatic rings. The normalized spacial score (nSPS) is 14.4. The van der Waals surface area contributed by atoms with E-state index < -0.39 is 97.5 Å². The number of rotatable bonds is 76. The largest absolute Gasteiger partial charge is 0.472 e. The van der Waals surface area contributed by atoms with Crippen LogP contribution >= 0.6 is 15.6 Å². The van der Waals surface area contributed by atoms with Gasteiger partial charge < -0.3 is 33.8 Å². The first-order valence-electron chi connectivity index (χ1n) is 40.5. The highest BCUT2D eigenvalue weighted by atomic mass is 31.2. The predicted molar refractivity (Wildman–Crippen MR) is 418 cm³/mol. The number of phosphoric acid groups is 2. The number of carbonyl (C=O) groups is 4. The minimum absolute atomic E-state index is 0.0550. The zero-order chi connectivity index (χ0) is 74.6. The molecule has 5 atom stereocenters. The van der Waals surface area contributed by atoms with Crippen LogP contribution in [0.25, 0.3) is 0 Å². The second kappa shape index (κ2) is 75.2. The molecular formula is C83H146O17P2. The first-order valence-corrected chi connectivity index (χ1v) is 43.5. The van der Waals surface area contributed by atoms with E-state index in [1.54, 1.807) is 0 Å². The molecule has 0 aliphatic heterocycles. The van der Waals surface area contributed by atoms with E-state index in [-0.39, 0.29) is 25.7 Å². The van der Waals surface area contributed by atoms with Gasteiger partial charge >= 0.3 is 39.5 Å². The third-order valence-corrected chi connectivity index (χ3v) is 18.9. The van der Waals surface area contributed by atoms with Crippen LogP contribution in [0.5, 0.6) is 0 Å². The Morgan fingerprint density at radius 2 is 0.510 bits per heavy atom. The molecule has 3 N–H and O–H groups in total. The van der Waals surface area contributed by atoms with Crippen molar-refractivity contribution in [2.45, 2.75) is 367 Å². The zero-order valence-corrected chi connectivity index (χ0v) is 66.3. The highest BCUT2D eigenvalue weighted by Gasteiger charge is 2.30. The van der Waals surface area contributed by atoms with Crippen molar-refractivity contribution >= 4 is 39.5 Å². The molecule has 0 aromatic heterocycles. The number of hydrogen-bond acceptors (Lipinski definition) is 15. The van der Waals surface area contributed by atoms with E-state index in [2.05, 4.69) is 125 Å². The van der Waals surface area contributed by atoms with Gasteiger partial charge in [-0.25, -0.2) is 9.13 Å². The minimum atomic E-state index is -4.99. The van der Waals surface area contributed by atoms with Crippen molar-refractivity contribution in [1.29, 1.82) is 0 Å². The molecule has 19 heteroatoms. The predicted octanol–water partition coefficient (Wildman–Crippen LogP) is 23.6. The monoisotopic (exact) mass is 1480 g/mol. The number of hydrogen-bond donors (Lipinski definition) is 3. The van der Waals surface area contributed by atoms with Gasteiger partial charge in [-0.3, -0.25) is 37.3 Å². The van der Waals surface area contributed by atoms with E-state index >= 15 is 0 Å². The molecule has 0 saturated carbocycles. The molecule has 0 heterocycles. The van der Waals surface area contributed by atoms with Gasteiger partial charge in [-0.1, -0.05) is 273 Å². The molecule has 590 valence electrons. The Hall–Kier alpha value is -4.02. The summed E-state index contributed by atoms with van der Waals surface area (Å²) in [5, 5.41) is 10.6. The number of esters is 4. The van der Waals surface area contributed by atoms with E-state index in [9.17, 15) is 43.2 Å². The Morgan fingerprint density at radius 3 is 0.814 bits per heavy atom. The average Bonchev–Trinajstić information content (AvgIpc) is 1.21. The summed E-state index contributed by atoms with van der Waals surface area (Å²) < 4.78 is 68.6. The second-order valence-corrected chi connectivity index (χ2v) is 29.9. The number of phosphoric ester groups is 2. The number of aliphatic hydroxyl groups excluding tert-OH is 1. The van der Waals surface area contributed by atoms with Crippen LogP contribution in [0, 0.1) is 0 Å². The van der Waals surface area contributed by atoms with Crippen LogP contribution in [-0.2, 0) is 65.4 Å². The third-order valence-electron chi connectivity index (χ3n) is 17.0. The van der Waals surface area contributed by atoms with Crippen molar-refractivity contribution in [3.05, 3.63) is 97.2 Å². The number of allylic oxidation sites excluding steroid dienone is 16. The average molecular weight is 1480 g/mol. The van der Waals surface area contributed by atoms with Crippen LogP contribution < -0.4 is 0 Å². The molecule has 102 heavy (non-hydrogen) atoms. The van der Waals surface area contributed by atoms with Crippen LogP contribution in [0.1, 0.15) is 349 Å². The Balaban J connectivity index is 5.39. The number of ether oxygens (including phenoxy) is 4. The molecule has 0 saturated heterocycles. The molecule has 0 radical (unpaired) electrons. The lowest BCUT2D eigenvalue weighted by Crippen LogP contribution is -2.30. The Morgan fingerprint density at radius 1 is 0.284 bits per heavy atom. The van der Waals surface area contributed by atoms with Gasteiger partial charge in [0.25, 0.3) is 0 Å². The summed E-state index contributed by atoms with van der Waals surface area (Å²) in [6.45, 7) is 4.71. The molecule has 0 fully saturated rings. The molecular weight excluding hydrogens is 1330 g/mol. The van der Waals surface area contributed by atoms with E-state index in [0.717, 1.165) is 167 Å². The van der Waals surface area contributed by atoms with Crippen LogP contribution in [0.3, 0.4) is 0 Å². The van der Waals surface area contributed by atoms with Crippen LogP contribution in [0.15, 0.2) is 97.2 Å². The summed E-state index contributed by atoms with van der Waals surface area (Å²) in [5.41, 5.74) is 0. The highest BCUT2D eigenvalue weighted by Crippen LogP contribution is 2.45. The van der Waals surface area contributed by atoms with Crippen molar-refractivity contribution in [3.8, 4) is 0 Å². The minimum Gasteiger partial charge on any atom is -0.462 e.